The molecule has 0 aliphatic carbocycles. The molecule has 2 atom stereocenters. The number of nitrogens with one attached hydrogen (secondary N) is 2. The molecule has 2 saturated heterocycles. The van der Waals surface area contributed by atoms with E-state index in [1.54, 1.807) is 11.0 Å². The molecule has 1 spiro atoms. The molecule has 4 heterocycles. The van der Waals surface area contributed by atoms with Gasteiger partial charge in [0.25, 0.3) is 5.91 Å². The SMILES string of the molecule is CC(C)c1cc(C(=O)N2CCC3(C/C=C/C[C@H]4COCC[C@@H]4NC(=O)CNC3=O)CC2)on1. The van der Waals surface area contributed by atoms with Crippen LogP contribution in [0, 0.1) is 11.3 Å². The number of carbonyl (C=O) groups excluding carboxylic acids is 3. The highest BCUT2D eigenvalue weighted by Crippen LogP contribution is 2.37. The first-order valence-corrected chi connectivity index (χ1v) is 11.9. The second kappa shape index (κ2) is 10.1. The summed E-state index contributed by atoms with van der Waals surface area (Å²) in [5, 5.41) is 9.89. The van der Waals surface area contributed by atoms with Crippen molar-refractivity contribution in [1.29, 1.82) is 0 Å². The third-order valence-electron chi connectivity index (χ3n) is 7.16. The molecule has 3 aliphatic rings. The smallest absolute Gasteiger partial charge is 0.292 e. The van der Waals surface area contributed by atoms with Gasteiger partial charge in [-0.1, -0.05) is 31.2 Å². The van der Waals surface area contributed by atoms with Gasteiger partial charge in [-0.3, -0.25) is 14.4 Å². The Morgan fingerprint density at radius 2 is 2.03 bits per heavy atom. The number of hydrogen-bond acceptors (Lipinski definition) is 6. The lowest BCUT2D eigenvalue weighted by molar-refractivity contribution is -0.135. The van der Waals surface area contributed by atoms with E-state index in [0.29, 0.717) is 45.6 Å². The molecular weight excluding hydrogens is 424 g/mol. The van der Waals surface area contributed by atoms with Crippen molar-refractivity contribution in [2.75, 3.05) is 32.8 Å². The monoisotopic (exact) mass is 458 g/mol. The molecule has 33 heavy (non-hydrogen) atoms. The number of ether oxygens (including phenoxy) is 1. The second-order valence-electron chi connectivity index (χ2n) is 9.73. The van der Waals surface area contributed by atoms with Gasteiger partial charge in [-0.15, -0.1) is 0 Å². The Morgan fingerprint density at radius 1 is 1.24 bits per heavy atom. The fraction of sp³-hybridized carbons (Fsp3) is 0.667. The first kappa shape index (κ1) is 23.5. The van der Waals surface area contributed by atoms with Gasteiger partial charge in [-0.25, -0.2) is 0 Å². The third kappa shape index (κ3) is 5.29. The van der Waals surface area contributed by atoms with E-state index in [2.05, 4.69) is 27.9 Å². The van der Waals surface area contributed by atoms with E-state index in [9.17, 15) is 14.4 Å². The normalized spacial score (nSPS) is 27.2. The number of fused-ring (bicyclic) bond motifs is 1. The zero-order chi connectivity index (χ0) is 23.4. The standard InChI is InChI=1S/C24H34N4O5/c1-16(2)19-13-20(33-27-19)22(30)28-10-8-24(9-11-28)7-4-3-5-17-15-32-12-6-18(17)26-21(29)14-25-23(24)31/h3-4,13,16-18H,5-12,14-15H2,1-2H3,(H,25,31)(H,26,29)/b4-3+/t17-,18-/m0/s1. The molecule has 1 aromatic heterocycles. The Bertz CT molecular complexity index is 900. The van der Waals surface area contributed by atoms with E-state index in [4.69, 9.17) is 9.26 Å². The summed E-state index contributed by atoms with van der Waals surface area (Å²) in [5.41, 5.74) is 0.110. The number of piperidine rings is 1. The minimum Gasteiger partial charge on any atom is -0.381 e. The van der Waals surface area contributed by atoms with Crippen LogP contribution < -0.4 is 10.6 Å². The van der Waals surface area contributed by atoms with Crippen LogP contribution in [0.4, 0.5) is 0 Å². The van der Waals surface area contributed by atoms with Crippen LogP contribution in [0.3, 0.4) is 0 Å². The fourth-order valence-electron chi connectivity index (χ4n) is 4.88. The third-order valence-corrected chi connectivity index (χ3v) is 7.16. The molecule has 9 heteroatoms. The van der Waals surface area contributed by atoms with Crippen LogP contribution in [-0.2, 0) is 14.3 Å². The van der Waals surface area contributed by atoms with Gasteiger partial charge in [0.2, 0.25) is 17.6 Å². The molecule has 0 bridgehead atoms. The van der Waals surface area contributed by atoms with E-state index < -0.39 is 5.41 Å². The molecule has 180 valence electrons. The molecule has 3 aliphatic heterocycles. The predicted molar refractivity (Wildman–Crippen MR) is 120 cm³/mol. The largest absolute Gasteiger partial charge is 0.381 e. The van der Waals surface area contributed by atoms with Crippen molar-refractivity contribution in [2.45, 2.75) is 57.9 Å². The fourth-order valence-corrected chi connectivity index (χ4v) is 4.88. The van der Waals surface area contributed by atoms with Gasteiger partial charge < -0.3 is 24.8 Å². The number of hydrogen-bond donors (Lipinski definition) is 2. The van der Waals surface area contributed by atoms with Gasteiger partial charge in [0.15, 0.2) is 0 Å². The minimum absolute atomic E-state index is 0.0347. The molecule has 9 nitrogen and oxygen atoms in total. The summed E-state index contributed by atoms with van der Waals surface area (Å²) in [6.07, 6.45) is 7.41. The molecule has 4 rings (SSSR count). The van der Waals surface area contributed by atoms with Crippen molar-refractivity contribution in [3.63, 3.8) is 0 Å². The van der Waals surface area contributed by atoms with E-state index in [1.807, 2.05) is 13.8 Å². The minimum atomic E-state index is -0.639. The lowest BCUT2D eigenvalue weighted by Gasteiger charge is -2.40. The van der Waals surface area contributed by atoms with Crippen molar-refractivity contribution in [2.24, 2.45) is 11.3 Å². The number of allylic oxidation sites excluding steroid dienone is 2. The van der Waals surface area contributed by atoms with Gasteiger partial charge in [0.05, 0.1) is 24.3 Å². The Morgan fingerprint density at radius 3 is 2.76 bits per heavy atom. The van der Waals surface area contributed by atoms with Crippen LogP contribution in [0.15, 0.2) is 22.7 Å². The average Bonchev–Trinajstić information content (AvgIpc) is 3.31. The zero-order valence-electron chi connectivity index (χ0n) is 19.5. The molecule has 0 radical (unpaired) electrons. The Kier molecular flexibility index (Phi) is 7.17. The number of amides is 3. The van der Waals surface area contributed by atoms with Gasteiger partial charge in [-0.2, -0.15) is 0 Å². The number of aromatic nitrogens is 1. The lowest BCUT2D eigenvalue weighted by Crippen LogP contribution is -2.53. The highest BCUT2D eigenvalue weighted by atomic mass is 16.5. The number of likely N-dealkylation sites (tertiary alicyclic amines) is 1. The molecule has 0 aromatic carbocycles. The first-order valence-electron chi connectivity index (χ1n) is 11.9. The van der Waals surface area contributed by atoms with Crippen molar-refractivity contribution < 1.29 is 23.6 Å². The van der Waals surface area contributed by atoms with E-state index in [-0.39, 0.29) is 47.9 Å². The number of nitrogens with zero attached hydrogens (tertiary/aromatic N) is 2. The Labute approximate surface area is 194 Å². The molecule has 1 aromatic rings. The molecule has 0 unspecified atom stereocenters. The summed E-state index contributed by atoms with van der Waals surface area (Å²) >= 11 is 0. The summed E-state index contributed by atoms with van der Waals surface area (Å²) in [4.78, 5) is 40.3. The van der Waals surface area contributed by atoms with E-state index in [1.165, 1.54) is 0 Å². The van der Waals surface area contributed by atoms with Crippen LogP contribution >= 0.6 is 0 Å². The predicted octanol–water partition coefficient (Wildman–Crippen LogP) is 2.01. The Hall–Kier alpha value is -2.68. The van der Waals surface area contributed by atoms with Crippen molar-refractivity contribution >= 4 is 17.7 Å². The van der Waals surface area contributed by atoms with Gasteiger partial charge in [-0.05, 0) is 38.0 Å². The molecule has 0 saturated carbocycles. The van der Waals surface area contributed by atoms with Crippen LogP contribution in [0.5, 0.6) is 0 Å². The molecule has 2 N–H and O–H groups in total. The van der Waals surface area contributed by atoms with Crippen molar-refractivity contribution in [1.82, 2.24) is 20.7 Å². The van der Waals surface area contributed by atoms with Crippen molar-refractivity contribution in [3.8, 4) is 0 Å². The maximum Gasteiger partial charge on any atom is 0.292 e. The van der Waals surface area contributed by atoms with Crippen LogP contribution in [0.2, 0.25) is 0 Å². The van der Waals surface area contributed by atoms with Gasteiger partial charge in [0, 0.05) is 37.7 Å². The number of rotatable bonds is 2. The van der Waals surface area contributed by atoms with Crippen LogP contribution in [0.25, 0.3) is 0 Å². The van der Waals surface area contributed by atoms with Gasteiger partial charge >= 0.3 is 0 Å². The summed E-state index contributed by atoms with van der Waals surface area (Å²) in [6.45, 7) is 6.12. The highest BCUT2D eigenvalue weighted by Gasteiger charge is 2.42. The zero-order valence-corrected chi connectivity index (χ0v) is 19.5. The molecule has 3 amide bonds. The van der Waals surface area contributed by atoms with Crippen LogP contribution in [-0.4, -0.2) is 66.7 Å². The van der Waals surface area contributed by atoms with E-state index in [0.717, 1.165) is 18.5 Å². The summed E-state index contributed by atoms with van der Waals surface area (Å²) in [7, 11) is 0. The highest BCUT2D eigenvalue weighted by molar-refractivity contribution is 5.92. The topological polar surface area (TPSA) is 114 Å². The Balaban J connectivity index is 1.43. The lowest BCUT2D eigenvalue weighted by atomic mass is 9.74. The number of carbonyl (C=O) groups is 3. The second-order valence-corrected chi connectivity index (χ2v) is 9.73. The van der Waals surface area contributed by atoms with E-state index >= 15 is 0 Å². The van der Waals surface area contributed by atoms with Crippen molar-refractivity contribution in [3.05, 3.63) is 29.7 Å². The molecular formula is C24H34N4O5. The summed E-state index contributed by atoms with van der Waals surface area (Å²) < 4.78 is 10.9. The summed E-state index contributed by atoms with van der Waals surface area (Å²) in [6, 6.07) is 1.77. The summed E-state index contributed by atoms with van der Waals surface area (Å²) in [5.74, 6) is 0.162. The quantitative estimate of drug-likeness (QED) is 0.656. The van der Waals surface area contributed by atoms with Crippen LogP contribution in [0.1, 0.15) is 68.1 Å². The molecule has 2 fully saturated rings. The average molecular weight is 459 g/mol. The first-order chi connectivity index (χ1) is 15.9. The maximum atomic E-state index is 13.2. The maximum absolute atomic E-state index is 13.2. The van der Waals surface area contributed by atoms with Gasteiger partial charge in [0.1, 0.15) is 0 Å².